The predicted octanol–water partition coefficient (Wildman–Crippen LogP) is 7.65. The zero-order valence-corrected chi connectivity index (χ0v) is 25.9. The third-order valence-corrected chi connectivity index (χ3v) is 11.7. The van der Waals surface area contributed by atoms with Crippen molar-refractivity contribution in [3.05, 3.63) is 169 Å². The number of hydrogen-bond donors (Lipinski definition) is 0. The molecule has 0 saturated carbocycles. The molecule has 42 heavy (non-hydrogen) atoms. The second-order valence-electron chi connectivity index (χ2n) is 9.97. The van der Waals surface area contributed by atoms with Gasteiger partial charge in [-0.15, -0.1) is 20.6 Å². The third-order valence-electron chi connectivity index (χ3n) is 7.17. The Morgan fingerprint density at radius 3 is 1.43 bits per heavy atom. The molecule has 7 aromatic rings. The molecule has 1 unspecified atom stereocenters. The first-order valence-electron chi connectivity index (χ1n) is 13.6. The molecule has 0 radical (unpaired) electrons. The van der Waals surface area contributed by atoms with Crippen molar-refractivity contribution in [1.29, 1.82) is 0 Å². The summed E-state index contributed by atoms with van der Waals surface area (Å²) in [4.78, 5) is 0. The molecule has 0 saturated heterocycles. The van der Waals surface area contributed by atoms with Gasteiger partial charge in [-0.05, 0) is 53.2 Å². The lowest BCUT2D eigenvalue weighted by Crippen LogP contribution is -2.24. The summed E-state index contributed by atoms with van der Waals surface area (Å²) in [6.45, 7) is 0. The summed E-state index contributed by atoms with van der Waals surface area (Å²) >= 11 is 1.78. The first-order valence-corrected chi connectivity index (χ1v) is 16.7. The van der Waals surface area contributed by atoms with Crippen molar-refractivity contribution < 1.29 is 10.0 Å². The van der Waals surface area contributed by atoms with E-state index in [1.807, 2.05) is 66.7 Å². The summed E-state index contributed by atoms with van der Waals surface area (Å²) in [5.74, 6) is 0. The molecule has 1 atom stereocenters. The summed E-state index contributed by atoms with van der Waals surface area (Å²) in [5, 5.41) is 6.17. The van der Waals surface area contributed by atoms with Crippen molar-refractivity contribution in [2.45, 2.75) is 6.42 Å². The van der Waals surface area contributed by atoms with Crippen LogP contribution in [-0.4, -0.2) is 5.48 Å². The molecule has 208 valence electrons. The van der Waals surface area contributed by atoms with E-state index in [0.29, 0.717) is 0 Å². The van der Waals surface area contributed by atoms with E-state index in [-0.39, 0.29) is 5.48 Å². The molecular formula is C37H32O2P2S. The van der Waals surface area contributed by atoms with E-state index < -0.39 is 7.14 Å². The minimum atomic E-state index is -2.95. The molecule has 0 aliphatic heterocycles. The molecular weight excluding hydrogens is 570 g/mol. The first-order chi connectivity index (χ1) is 20.1. The van der Waals surface area contributed by atoms with E-state index in [1.54, 1.807) is 11.3 Å². The lowest BCUT2D eigenvalue weighted by molar-refractivity contribution is 0.592. The van der Waals surface area contributed by atoms with E-state index >= 15 is 0 Å². The van der Waals surface area contributed by atoms with Crippen LogP contribution in [-0.2, 0) is 11.0 Å². The fourth-order valence-electron chi connectivity index (χ4n) is 5.13. The van der Waals surface area contributed by atoms with Crippen molar-refractivity contribution >= 4 is 69.1 Å². The quantitative estimate of drug-likeness (QED) is 0.187. The summed E-state index contributed by atoms with van der Waals surface area (Å²) in [6.07, 6.45) is 1.03. The fourth-order valence-corrected chi connectivity index (χ4v) is 9.13. The molecule has 2 N–H and O–H groups in total. The molecule has 0 spiro atoms. The Morgan fingerprint density at radius 1 is 0.500 bits per heavy atom. The van der Waals surface area contributed by atoms with Crippen molar-refractivity contribution in [3.8, 4) is 0 Å². The van der Waals surface area contributed by atoms with Gasteiger partial charge in [0.1, 0.15) is 0 Å². The van der Waals surface area contributed by atoms with Crippen LogP contribution in [0.5, 0.6) is 0 Å². The number of hydrogen-bond acceptors (Lipinski definition) is 2. The van der Waals surface area contributed by atoms with Crippen LogP contribution in [0.1, 0.15) is 11.1 Å². The topological polar surface area (TPSA) is 48.6 Å². The van der Waals surface area contributed by atoms with Gasteiger partial charge in [-0.3, -0.25) is 0 Å². The van der Waals surface area contributed by atoms with Gasteiger partial charge in [-0.1, -0.05) is 127 Å². The maximum atomic E-state index is 14.6. The van der Waals surface area contributed by atoms with E-state index in [9.17, 15) is 4.57 Å². The highest BCUT2D eigenvalue weighted by Crippen LogP contribution is 2.44. The monoisotopic (exact) mass is 602 g/mol. The first kappa shape index (κ1) is 29.6. The van der Waals surface area contributed by atoms with Crippen LogP contribution >= 0.6 is 27.7 Å². The maximum absolute atomic E-state index is 14.6. The highest BCUT2D eigenvalue weighted by molar-refractivity contribution is 7.85. The van der Waals surface area contributed by atoms with Gasteiger partial charge < -0.3 is 10.0 Å². The van der Waals surface area contributed by atoms with Gasteiger partial charge in [0.25, 0.3) is 0 Å². The van der Waals surface area contributed by atoms with Crippen LogP contribution in [0.15, 0.2) is 158 Å². The SMILES string of the molecule is O.O=P(c1ccccc1)(c1ccccc1)c1ccc2sc3ccc(P)cc3c2c1.c1ccc(Cc2ccccc2)cc1. The van der Waals surface area contributed by atoms with Gasteiger partial charge >= 0.3 is 0 Å². The highest BCUT2D eigenvalue weighted by Gasteiger charge is 2.30. The Morgan fingerprint density at radius 2 is 0.929 bits per heavy atom. The summed E-state index contributed by atoms with van der Waals surface area (Å²) in [6, 6.07) is 53.5. The minimum absolute atomic E-state index is 0. The Bertz CT molecular complexity index is 1860. The van der Waals surface area contributed by atoms with Crippen molar-refractivity contribution in [2.24, 2.45) is 0 Å². The maximum Gasteiger partial charge on any atom is 0.171 e. The Kier molecular flexibility index (Phi) is 9.48. The number of benzene rings is 6. The molecule has 7 rings (SSSR count). The zero-order chi connectivity index (χ0) is 28.1. The number of rotatable bonds is 5. The number of thiophene rings is 1. The molecule has 0 aliphatic rings. The lowest BCUT2D eigenvalue weighted by atomic mass is 10.1. The molecule has 5 heteroatoms. The predicted molar refractivity (Wildman–Crippen MR) is 187 cm³/mol. The summed E-state index contributed by atoms with van der Waals surface area (Å²) in [5.41, 5.74) is 2.74. The Balaban J connectivity index is 0.000000212. The normalized spacial score (nSPS) is 11.0. The van der Waals surface area contributed by atoms with Gasteiger partial charge in [0.2, 0.25) is 0 Å². The molecule has 0 bridgehead atoms. The lowest BCUT2D eigenvalue weighted by Gasteiger charge is -2.20. The van der Waals surface area contributed by atoms with E-state index in [0.717, 1.165) is 27.6 Å². The van der Waals surface area contributed by atoms with Crippen LogP contribution < -0.4 is 21.2 Å². The zero-order valence-electron chi connectivity index (χ0n) is 23.1. The smallest absolute Gasteiger partial charge is 0.171 e. The van der Waals surface area contributed by atoms with Gasteiger partial charge in [-0.2, -0.15) is 0 Å². The van der Waals surface area contributed by atoms with Crippen LogP contribution in [0.25, 0.3) is 20.2 Å². The van der Waals surface area contributed by atoms with Crippen molar-refractivity contribution in [2.75, 3.05) is 0 Å². The Labute approximate surface area is 253 Å². The van der Waals surface area contributed by atoms with Gasteiger partial charge in [-0.25, -0.2) is 0 Å². The van der Waals surface area contributed by atoms with Gasteiger partial charge in [0, 0.05) is 36.1 Å². The van der Waals surface area contributed by atoms with Gasteiger partial charge in [0.15, 0.2) is 7.14 Å². The van der Waals surface area contributed by atoms with E-state index in [2.05, 4.69) is 100 Å². The summed E-state index contributed by atoms with van der Waals surface area (Å²) in [7, 11) is -0.178. The molecule has 0 amide bonds. The molecule has 0 fully saturated rings. The molecule has 0 aliphatic carbocycles. The average Bonchev–Trinajstić information content (AvgIpc) is 3.40. The second-order valence-corrected chi connectivity index (χ2v) is 14.5. The van der Waals surface area contributed by atoms with Crippen LogP contribution in [0.3, 0.4) is 0 Å². The highest BCUT2D eigenvalue weighted by atomic mass is 32.1. The number of fused-ring (bicyclic) bond motifs is 3. The van der Waals surface area contributed by atoms with Crippen LogP contribution in [0.2, 0.25) is 0 Å². The fraction of sp³-hybridized carbons (Fsp3) is 0.0270. The van der Waals surface area contributed by atoms with E-state index in [4.69, 9.17) is 0 Å². The second kappa shape index (κ2) is 13.4. The average molecular weight is 603 g/mol. The van der Waals surface area contributed by atoms with Gasteiger partial charge in [0.05, 0.1) is 0 Å². The standard InChI is InChI=1S/C24H18OP2S.C13H12.H2O/c25-27(18-7-3-1-4-8-18,19-9-5-2-6-10-19)20-12-14-24-22(16-20)21-15-17(26)11-13-23(21)28-24;1-3-7-12(8-4-1)11-13-9-5-2-6-10-13;/h1-16H,26H2;1-10H,11H2;1H2. The molecule has 1 aromatic heterocycles. The van der Waals surface area contributed by atoms with E-state index in [1.165, 1.54) is 31.3 Å². The van der Waals surface area contributed by atoms with Crippen molar-refractivity contribution in [3.63, 3.8) is 0 Å². The third kappa shape index (κ3) is 6.31. The van der Waals surface area contributed by atoms with Crippen molar-refractivity contribution in [1.82, 2.24) is 0 Å². The summed E-state index contributed by atoms with van der Waals surface area (Å²) < 4.78 is 17.1. The largest absolute Gasteiger partial charge is 0.412 e. The molecule has 6 aromatic carbocycles. The van der Waals surface area contributed by atoms with Crippen LogP contribution in [0.4, 0.5) is 0 Å². The molecule has 2 nitrogen and oxygen atoms in total. The molecule has 1 heterocycles. The van der Waals surface area contributed by atoms with Crippen LogP contribution in [0, 0.1) is 0 Å². The minimum Gasteiger partial charge on any atom is -0.412 e. The Hall–Kier alpha value is -3.84.